The number of unbranched alkanes of at least 4 members (excludes halogenated alkanes) is 6. The smallest absolute Gasteiger partial charge is 0.338 e. The molecule has 0 aliphatic rings. The topological polar surface area (TPSA) is 89.9 Å². The van der Waals surface area contributed by atoms with E-state index in [1.807, 2.05) is 19.1 Å². The molecule has 0 aromatic heterocycles. The van der Waals surface area contributed by atoms with Gasteiger partial charge in [0.05, 0.1) is 17.2 Å². The van der Waals surface area contributed by atoms with Gasteiger partial charge in [-0.3, -0.25) is 4.79 Å². The molecule has 43 heavy (non-hydrogen) atoms. The molecule has 230 valence electrons. The van der Waals surface area contributed by atoms with Gasteiger partial charge in [0.15, 0.2) is 0 Å². The Morgan fingerprint density at radius 2 is 1.28 bits per heavy atom. The van der Waals surface area contributed by atoms with Gasteiger partial charge in [-0.1, -0.05) is 89.6 Å². The first-order chi connectivity index (χ1) is 20.7. The van der Waals surface area contributed by atoms with Crippen molar-refractivity contribution in [2.45, 2.75) is 98.0 Å². The number of aromatic carboxylic acids is 1. The summed E-state index contributed by atoms with van der Waals surface area (Å²) < 4.78 is 11.2. The van der Waals surface area contributed by atoms with Gasteiger partial charge >= 0.3 is 17.9 Å². The van der Waals surface area contributed by atoms with E-state index in [2.05, 4.69) is 20.8 Å². The fraction of sp³-hybridized carbons (Fsp3) is 0.432. The van der Waals surface area contributed by atoms with E-state index in [0.29, 0.717) is 29.2 Å². The summed E-state index contributed by atoms with van der Waals surface area (Å²) in [5, 5.41) is 9.63. The molecule has 0 fully saturated rings. The molecule has 0 aliphatic heterocycles. The number of carbonyl (C=O) groups is 3. The number of hydrogen-bond acceptors (Lipinski definition) is 5. The second-order valence-corrected chi connectivity index (χ2v) is 11.7. The Bertz CT molecular complexity index is 1320. The zero-order chi connectivity index (χ0) is 31.2. The molecule has 0 amide bonds. The highest BCUT2D eigenvalue weighted by Crippen LogP contribution is 2.34. The zero-order valence-corrected chi connectivity index (χ0v) is 26.1. The molecule has 0 unspecified atom stereocenters. The third kappa shape index (κ3) is 11.0. The minimum Gasteiger partial charge on any atom is -0.478 e. The summed E-state index contributed by atoms with van der Waals surface area (Å²) in [6, 6.07) is 19.2. The van der Waals surface area contributed by atoms with Crippen molar-refractivity contribution >= 4 is 17.9 Å². The Hall–Kier alpha value is -3.93. The zero-order valence-electron chi connectivity index (χ0n) is 26.1. The molecule has 0 saturated heterocycles. The van der Waals surface area contributed by atoms with Crippen molar-refractivity contribution in [3.63, 3.8) is 0 Å². The largest absolute Gasteiger partial charge is 0.478 e. The molecule has 6 nitrogen and oxygen atoms in total. The fourth-order valence-corrected chi connectivity index (χ4v) is 4.94. The predicted octanol–water partition coefficient (Wildman–Crippen LogP) is 9.75. The molecule has 1 N–H and O–H groups in total. The minimum atomic E-state index is -1.02. The van der Waals surface area contributed by atoms with Gasteiger partial charge < -0.3 is 14.6 Å². The van der Waals surface area contributed by atoms with Gasteiger partial charge in [0.2, 0.25) is 0 Å². The molecule has 0 heterocycles. The summed E-state index contributed by atoms with van der Waals surface area (Å²) in [7, 11) is 0. The summed E-state index contributed by atoms with van der Waals surface area (Å²) in [6.45, 7) is 8.39. The van der Waals surface area contributed by atoms with Gasteiger partial charge in [0.25, 0.3) is 0 Å². The number of carboxylic acids is 1. The van der Waals surface area contributed by atoms with Crippen LogP contribution in [0.4, 0.5) is 0 Å². The predicted molar refractivity (Wildman–Crippen MR) is 171 cm³/mol. The summed E-state index contributed by atoms with van der Waals surface area (Å²) in [6.07, 6.45) is 10.0. The summed E-state index contributed by atoms with van der Waals surface area (Å²) in [5.41, 5.74) is 3.77. The molecule has 0 spiro atoms. The van der Waals surface area contributed by atoms with Crippen molar-refractivity contribution in [1.82, 2.24) is 0 Å². The molecule has 0 aliphatic carbocycles. The molecule has 1 atom stereocenters. The van der Waals surface area contributed by atoms with E-state index in [9.17, 15) is 19.5 Å². The van der Waals surface area contributed by atoms with Gasteiger partial charge in [0.1, 0.15) is 5.75 Å². The second kappa shape index (κ2) is 17.3. The van der Waals surface area contributed by atoms with Crippen LogP contribution in [0.3, 0.4) is 0 Å². The molecular formula is C37H46O6. The van der Waals surface area contributed by atoms with Gasteiger partial charge in [-0.2, -0.15) is 0 Å². The molecule has 3 aromatic rings. The number of esters is 2. The molecular weight excluding hydrogens is 540 g/mol. The number of carbonyl (C=O) groups excluding carboxylic acids is 2. The van der Waals surface area contributed by atoms with Crippen LogP contribution in [0.5, 0.6) is 5.75 Å². The van der Waals surface area contributed by atoms with Crippen LogP contribution >= 0.6 is 0 Å². The molecule has 6 heteroatoms. The number of hydrogen-bond donors (Lipinski definition) is 1. The fourth-order valence-electron chi connectivity index (χ4n) is 4.94. The minimum absolute atomic E-state index is 0.164. The first kappa shape index (κ1) is 33.6. The molecule has 0 bridgehead atoms. The summed E-state index contributed by atoms with van der Waals surface area (Å²) >= 11 is 0. The highest BCUT2D eigenvalue weighted by molar-refractivity contribution is 5.94. The van der Waals surface area contributed by atoms with E-state index in [-0.39, 0.29) is 23.6 Å². The molecule has 3 rings (SSSR count). The highest BCUT2D eigenvalue weighted by atomic mass is 16.5. The van der Waals surface area contributed by atoms with Crippen molar-refractivity contribution in [2.24, 2.45) is 5.92 Å². The maximum Gasteiger partial charge on any atom is 0.338 e. The van der Waals surface area contributed by atoms with Crippen molar-refractivity contribution in [3.8, 4) is 28.0 Å². The van der Waals surface area contributed by atoms with Crippen LogP contribution in [-0.2, 0) is 9.53 Å². The molecule has 3 aromatic carbocycles. The quantitative estimate of drug-likeness (QED) is 0.0962. The van der Waals surface area contributed by atoms with E-state index in [0.717, 1.165) is 48.8 Å². The number of carboxylic acid groups (broad SMARTS) is 1. The lowest BCUT2D eigenvalue weighted by atomic mass is 9.92. The van der Waals surface area contributed by atoms with Crippen LogP contribution in [0, 0.1) is 5.92 Å². The van der Waals surface area contributed by atoms with E-state index >= 15 is 0 Å². The van der Waals surface area contributed by atoms with E-state index in [4.69, 9.17) is 9.47 Å². The monoisotopic (exact) mass is 586 g/mol. The Labute approximate surface area is 256 Å². The van der Waals surface area contributed by atoms with Crippen LogP contribution in [0.2, 0.25) is 0 Å². The third-order valence-electron chi connectivity index (χ3n) is 7.54. The Morgan fingerprint density at radius 1 is 0.698 bits per heavy atom. The normalized spacial score (nSPS) is 11.7. The molecule has 0 radical (unpaired) electrons. The van der Waals surface area contributed by atoms with E-state index in [1.54, 1.807) is 54.6 Å². The molecule has 0 saturated carbocycles. The maximum absolute atomic E-state index is 12.7. The standard InChI is InChI=1S/C37H46O6/c1-5-6-7-8-9-10-11-12-35(38)43-32-22-19-28(20-23-32)33-24-21-31(36(39)40)25-34(33)29-15-17-30(18-16-29)37(41)42-27(4)14-13-26(2)3/h15-27H,5-14H2,1-4H3,(H,39,40)/t27-/m1/s1. The number of benzene rings is 3. The summed E-state index contributed by atoms with van der Waals surface area (Å²) in [4.78, 5) is 36.8. The maximum atomic E-state index is 12.7. The van der Waals surface area contributed by atoms with Crippen LogP contribution in [0.1, 0.15) is 113 Å². The second-order valence-electron chi connectivity index (χ2n) is 11.7. The Kier molecular flexibility index (Phi) is 13.5. The highest BCUT2D eigenvalue weighted by Gasteiger charge is 2.16. The van der Waals surface area contributed by atoms with Gasteiger partial charge in [0, 0.05) is 6.42 Å². The SMILES string of the molecule is CCCCCCCCCC(=O)Oc1ccc(-c2ccc(C(=O)O)cc2-c2ccc(C(=O)O[C@H](C)CCC(C)C)cc2)cc1. The first-order valence-electron chi connectivity index (χ1n) is 15.7. The van der Waals surface area contributed by atoms with Crippen LogP contribution < -0.4 is 4.74 Å². The van der Waals surface area contributed by atoms with E-state index < -0.39 is 5.97 Å². The van der Waals surface area contributed by atoms with Crippen molar-refractivity contribution in [1.29, 1.82) is 0 Å². The van der Waals surface area contributed by atoms with Crippen molar-refractivity contribution < 1.29 is 29.0 Å². The van der Waals surface area contributed by atoms with Crippen molar-refractivity contribution in [2.75, 3.05) is 0 Å². The third-order valence-corrected chi connectivity index (χ3v) is 7.54. The lowest BCUT2D eigenvalue weighted by molar-refractivity contribution is -0.134. The van der Waals surface area contributed by atoms with Gasteiger partial charge in [-0.05, 0) is 90.8 Å². The number of rotatable bonds is 17. The number of ether oxygens (including phenoxy) is 2. The average molecular weight is 587 g/mol. The lowest BCUT2D eigenvalue weighted by Gasteiger charge is -2.15. The first-order valence-corrected chi connectivity index (χ1v) is 15.7. The van der Waals surface area contributed by atoms with Gasteiger partial charge in [-0.15, -0.1) is 0 Å². The van der Waals surface area contributed by atoms with Crippen LogP contribution in [0.15, 0.2) is 66.7 Å². The van der Waals surface area contributed by atoms with Gasteiger partial charge in [-0.25, -0.2) is 9.59 Å². The lowest BCUT2D eigenvalue weighted by Crippen LogP contribution is -2.15. The Balaban J connectivity index is 1.69. The van der Waals surface area contributed by atoms with Crippen molar-refractivity contribution in [3.05, 3.63) is 77.9 Å². The Morgan fingerprint density at radius 3 is 1.91 bits per heavy atom. The summed E-state index contributed by atoms with van der Waals surface area (Å²) in [5.74, 6) is -0.611. The van der Waals surface area contributed by atoms with Crippen LogP contribution in [0.25, 0.3) is 22.3 Å². The van der Waals surface area contributed by atoms with E-state index in [1.165, 1.54) is 25.7 Å². The van der Waals surface area contributed by atoms with Crippen LogP contribution in [-0.4, -0.2) is 29.1 Å². The average Bonchev–Trinajstić information content (AvgIpc) is 2.99.